The summed E-state index contributed by atoms with van der Waals surface area (Å²) in [7, 11) is 0. The van der Waals surface area contributed by atoms with Crippen LogP contribution < -0.4 is 0 Å². The van der Waals surface area contributed by atoms with Gasteiger partial charge in [-0.1, -0.05) is 62.8 Å². The van der Waals surface area contributed by atoms with Crippen molar-refractivity contribution >= 4 is 11.8 Å². The van der Waals surface area contributed by atoms with E-state index >= 15 is 0 Å². The van der Waals surface area contributed by atoms with Crippen LogP contribution in [-0.4, -0.2) is 17.9 Å². The van der Waals surface area contributed by atoms with Crippen molar-refractivity contribution in [2.45, 2.75) is 83.7 Å². The van der Waals surface area contributed by atoms with E-state index in [1.807, 2.05) is 6.08 Å². The molecule has 30 heavy (non-hydrogen) atoms. The summed E-state index contributed by atoms with van der Waals surface area (Å²) in [6.45, 7) is 10.6. The molecule has 0 radical (unpaired) electrons. The molecule has 0 N–H and O–H groups in total. The number of carbonyl (C=O) groups excluding carboxylic acids is 2. The molecule has 3 rings (SSSR count). The molecule has 0 aromatic heterocycles. The molecule has 1 fully saturated rings. The Balaban J connectivity index is 1.63. The second-order valence-electron chi connectivity index (χ2n) is 9.60. The highest BCUT2D eigenvalue weighted by Crippen LogP contribution is 2.43. The molecule has 0 amide bonds. The van der Waals surface area contributed by atoms with E-state index < -0.39 is 0 Å². The highest BCUT2D eigenvalue weighted by Gasteiger charge is 2.40. The third-order valence-corrected chi connectivity index (χ3v) is 7.26. The largest absolute Gasteiger partial charge is 0.458 e. The van der Waals surface area contributed by atoms with Crippen LogP contribution in [-0.2, 0) is 19.7 Å². The summed E-state index contributed by atoms with van der Waals surface area (Å²) in [5, 5.41) is 0. The van der Waals surface area contributed by atoms with Gasteiger partial charge in [0.2, 0.25) is 0 Å². The standard InChI is InChI=1S/C27H36O3/c1-5-6-8-11-20-14-16-23(28)25(20)26(29)30-24-17-15-22(18-19(24)2)27(3,4)21-12-9-7-10-13-21/h5,7,9-10,12-13,19,22,24H,1,6,8,11,14-18H2,2-4H3/t19-,22+,24-/m0/s1. The predicted molar refractivity (Wildman–Crippen MR) is 121 cm³/mol. The van der Waals surface area contributed by atoms with E-state index in [1.54, 1.807) is 0 Å². The van der Waals surface area contributed by atoms with Crippen LogP contribution in [0.5, 0.6) is 0 Å². The van der Waals surface area contributed by atoms with Crippen molar-refractivity contribution in [1.82, 2.24) is 0 Å². The van der Waals surface area contributed by atoms with Gasteiger partial charge in [0, 0.05) is 6.42 Å². The summed E-state index contributed by atoms with van der Waals surface area (Å²) < 4.78 is 5.92. The summed E-state index contributed by atoms with van der Waals surface area (Å²) >= 11 is 0. The van der Waals surface area contributed by atoms with Crippen molar-refractivity contribution in [1.29, 1.82) is 0 Å². The zero-order valence-corrected chi connectivity index (χ0v) is 18.8. The van der Waals surface area contributed by atoms with Gasteiger partial charge in [0.1, 0.15) is 11.7 Å². The van der Waals surface area contributed by atoms with E-state index in [4.69, 9.17) is 4.74 Å². The minimum atomic E-state index is -0.385. The van der Waals surface area contributed by atoms with E-state index in [-0.39, 0.29) is 29.2 Å². The van der Waals surface area contributed by atoms with E-state index in [2.05, 4.69) is 57.7 Å². The molecule has 1 aromatic rings. The fourth-order valence-corrected chi connectivity index (χ4v) is 5.18. The molecule has 3 heteroatoms. The molecule has 162 valence electrons. The summed E-state index contributed by atoms with van der Waals surface area (Å²) in [4.78, 5) is 25.2. The number of unbranched alkanes of at least 4 members (excludes halogenated alkanes) is 1. The van der Waals surface area contributed by atoms with E-state index in [0.717, 1.165) is 44.1 Å². The Labute approximate surface area is 181 Å². The predicted octanol–water partition coefficient (Wildman–Crippen LogP) is 6.33. The summed E-state index contributed by atoms with van der Waals surface area (Å²) in [5.74, 6) is 0.410. The Morgan fingerprint density at radius 2 is 1.93 bits per heavy atom. The van der Waals surface area contributed by atoms with Crippen molar-refractivity contribution < 1.29 is 14.3 Å². The van der Waals surface area contributed by atoms with Gasteiger partial charge in [-0.2, -0.15) is 0 Å². The van der Waals surface area contributed by atoms with Crippen LogP contribution in [0.1, 0.15) is 77.7 Å². The van der Waals surface area contributed by atoms with Crippen molar-refractivity contribution in [2.24, 2.45) is 11.8 Å². The fourth-order valence-electron chi connectivity index (χ4n) is 5.18. The average molecular weight is 409 g/mol. The highest BCUT2D eigenvalue weighted by atomic mass is 16.5. The molecule has 0 heterocycles. The van der Waals surface area contributed by atoms with Crippen molar-refractivity contribution in [3.05, 3.63) is 59.7 Å². The summed E-state index contributed by atoms with van der Waals surface area (Å²) in [5.41, 5.74) is 2.78. The molecule has 2 aliphatic rings. The number of hydrogen-bond donors (Lipinski definition) is 0. The summed E-state index contributed by atoms with van der Waals surface area (Å²) in [6.07, 6.45) is 8.47. The van der Waals surface area contributed by atoms with Crippen molar-refractivity contribution in [3.8, 4) is 0 Å². The van der Waals surface area contributed by atoms with Gasteiger partial charge in [0.15, 0.2) is 5.78 Å². The second-order valence-corrected chi connectivity index (χ2v) is 9.60. The molecule has 1 saturated carbocycles. The third kappa shape index (κ3) is 4.94. The number of benzene rings is 1. The Bertz CT molecular complexity index is 803. The van der Waals surface area contributed by atoms with Crippen LogP contribution in [0, 0.1) is 11.8 Å². The molecule has 0 unspecified atom stereocenters. The lowest BCUT2D eigenvalue weighted by molar-refractivity contribution is -0.150. The van der Waals surface area contributed by atoms with Gasteiger partial charge in [-0.3, -0.25) is 4.79 Å². The zero-order chi connectivity index (χ0) is 21.7. The number of Topliss-reactive ketones (excluding diaryl/α,β-unsaturated/α-hetero) is 1. The zero-order valence-electron chi connectivity index (χ0n) is 18.8. The minimum Gasteiger partial charge on any atom is -0.458 e. The fraction of sp³-hybridized carbons (Fsp3) is 0.556. The number of carbonyl (C=O) groups is 2. The normalized spacial score (nSPS) is 24.8. The number of ketones is 1. The smallest absolute Gasteiger partial charge is 0.342 e. The molecule has 3 nitrogen and oxygen atoms in total. The number of rotatable bonds is 8. The number of hydrogen-bond acceptors (Lipinski definition) is 3. The Hall–Kier alpha value is -2.16. The maximum atomic E-state index is 12.9. The van der Waals surface area contributed by atoms with E-state index in [0.29, 0.717) is 24.3 Å². The van der Waals surface area contributed by atoms with Gasteiger partial charge in [-0.05, 0) is 67.8 Å². The van der Waals surface area contributed by atoms with Gasteiger partial charge in [0.05, 0.1) is 0 Å². The molecule has 0 aliphatic heterocycles. The lowest BCUT2D eigenvalue weighted by Crippen LogP contribution is -2.39. The first-order valence-electron chi connectivity index (χ1n) is 11.5. The maximum absolute atomic E-state index is 12.9. The second kappa shape index (κ2) is 9.76. The molecule has 3 atom stereocenters. The topological polar surface area (TPSA) is 43.4 Å². The maximum Gasteiger partial charge on any atom is 0.342 e. The van der Waals surface area contributed by atoms with Crippen LogP contribution in [0.15, 0.2) is 54.1 Å². The molecular formula is C27H36O3. The quantitative estimate of drug-likeness (QED) is 0.218. The molecule has 1 aromatic carbocycles. The Morgan fingerprint density at radius 1 is 1.20 bits per heavy atom. The molecule has 2 aliphatic carbocycles. The van der Waals surface area contributed by atoms with Gasteiger partial charge in [-0.25, -0.2) is 4.79 Å². The first kappa shape index (κ1) is 22.5. The van der Waals surface area contributed by atoms with E-state index in [9.17, 15) is 9.59 Å². The van der Waals surface area contributed by atoms with Gasteiger partial charge in [-0.15, -0.1) is 6.58 Å². The first-order valence-corrected chi connectivity index (χ1v) is 11.5. The van der Waals surface area contributed by atoms with Crippen LogP contribution in [0.25, 0.3) is 0 Å². The Kier molecular flexibility index (Phi) is 7.33. The van der Waals surface area contributed by atoms with Crippen LogP contribution in [0.4, 0.5) is 0 Å². The molecular weight excluding hydrogens is 372 g/mol. The third-order valence-electron chi connectivity index (χ3n) is 7.26. The SMILES string of the molecule is C=CCCCC1=C(C(=O)O[C@H]2CC[C@@H](C(C)(C)c3ccccc3)C[C@@H]2C)C(=O)CC1. The first-order chi connectivity index (χ1) is 14.3. The monoisotopic (exact) mass is 408 g/mol. The molecule has 0 saturated heterocycles. The van der Waals surface area contributed by atoms with Crippen molar-refractivity contribution in [3.63, 3.8) is 0 Å². The van der Waals surface area contributed by atoms with Gasteiger partial charge < -0.3 is 4.74 Å². The highest BCUT2D eigenvalue weighted by molar-refractivity contribution is 6.19. The number of allylic oxidation sites excluding steroid dienone is 2. The van der Waals surface area contributed by atoms with E-state index in [1.165, 1.54) is 5.56 Å². The minimum absolute atomic E-state index is 0.0415. The van der Waals surface area contributed by atoms with Crippen LogP contribution >= 0.6 is 0 Å². The number of esters is 1. The number of ether oxygens (including phenoxy) is 1. The summed E-state index contributed by atoms with van der Waals surface area (Å²) in [6, 6.07) is 10.7. The average Bonchev–Trinajstić information content (AvgIpc) is 3.10. The van der Waals surface area contributed by atoms with Crippen LogP contribution in [0.3, 0.4) is 0 Å². The molecule has 0 spiro atoms. The van der Waals surface area contributed by atoms with Gasteiger partial charge >= 0.3 is 5.97 Å². The lowest BCUT2D eigenvalue weighted by Gasteiger charge is -2.42. The molecule has 0 bridgehead atoms. The lowest BCUT2D eigenvalue weighted by atomic mass is 9.65. The van der Waals surface area contributed by atoms with Gasteiger partial charge in [0.25, 0.3) is 0 Å². The van der Waals surface area contributed by atoms with Crippen molar-refractivity contribution in [2.75, 3.05) is 0 Å². The Morgan fingerprint density at radius 3 is 2.60 bits per heavy atom. The van der Waals surface area contributed by atoms with Crippen LogP contribution in [0.2, 0.25) is 0 Å².